The average Bonchev–Trinajstić information content (AvgIpc) is 2.46. The number of nitrogens with zero attached hydrogens (tertiary/aromatic N) is 2. The van der Waals surface area contributed by atoms with Crippen LogP contribution < -0.4 is 5.73 Å². The van der Waals surface area contributed by atoms with Crippen molar-refractivity contribution in [2.75, 3.05) is 13.1 Å². The maximum atomic E-state index is 12.4. The molecular formula is C15H23N3O. The van der Waals surface area contributed by atoms with E-state index < -0.39 is 0 Å². The Hall–Kier alpha value is -1.42. The zero-order chi connectivity index (χ0) is 13.7. The molecule has 2 rings (SSSR count). The van der Waals surface area contributed by atoms with E-state index >= 15 is 0 Å². The first-order valence-corrected chi connectivity index (χ1v) is 7.05. The molecule has 2 heterocycles. The molecule has 0 aliphatic carbocycles. The number of aryl methyl sites for hydroxylation is 1. The summed E-state index contributed by atoms with van der Waals surface area (Å²) in [4.78, 5) is 18.4. The van der Waals surface area contributed by atoms with Gasteiger partial charge in [-0.15, -0.1) is 0 Å². The molecule has 1 aromatic heterocycles. The van der Waals surface area contributed by atoms with Crippen LogP contribution in [0, 0.1) is 0 Å². The van der Waals surface area contributed by atoms with E-state index in [1.807, 2.05) is 17.0 Å². The Morgan fingerprint density at radius 3 is 2.84 bits per heavy atom. The van der Waals surface area contributed by atoms with Crippen LogP contribution in [-0.2, 0) is 11.2 Å². The van der Waals surface area contributed by atoms with Gasteiger partial charge in [-0.2, -0.15) is 0 Å². The van der Waals surface area contributed by atoms with Gasteiger partial charge in [-0.3, -0.25) is 9.78 Å². The molecule has 2 N–H and O–H groups in total. The molecule has 0 bridgehead atoms. The van der Waals surface area contributed by atoms with Crippen molar-refractivity contribution in [3.63, 3.8) is 0 Å². The molecule has 1 aliphatic rings. The van der Waals surface area contributed by atoms with E-state index in [-0.39, 0.29) is 11.4 Å². The van der Waals surface area contributed by atoms with E-state index in [1.54, 1.807) is 12.4 Å². The molecular weight excluding hydrogens is 238 g/mol. The van der Waals surface area contributed by atoms with Crippen molar-refractivity contribution in [1.82, 2.24) is 9.88 Å². The molecule has 1 unspecified atom stereocenters. The predicted molar refractivity (Wildman–Crippen MR) is 75.6 cm³/mol. The van der Waals surface area contributed by atoms with Crippen molar-refractivity contribution < 1.29 is 4.79 Å². The lowest BCUT2D eigenvalue weighted by Gasteiger charge is -2.44. The molecule has 0 aromatic carbocycles. The zero-order valence-corrected chi connectivity index (χ0v) is 11.6. The van der Waals surface area contributed by atoms with Crippen LogP contribution in [0.15, 0.2) is 24.5 Å². The Balaban J connectivity index is 1.95. The summed E-state index contributed by atoms with van der Waals surface area (Å²) in [6.45, 7) is 3.51. The highest BCUT2D eigenvalue weighted by molar-refractivity contribution is 5.77. The summed E-state index contributed by atoms with van der Waals surface area (Å²) in [7, 11) is 0. The largest absolute Gasteiger partial charge is 0.336 e. The fourth-order valence-corrected chi connectivity index (χ4v) is 2.75. The SMILES string of the molecule is CC1(CN)CCCCN1C(=O)CCc1ccncc1. The number of amides is 1. The highest BCUT2D eigenvalue weighted by Gasteiger charge is 2.35. The van der Waals surface area contributed by atoms with Gasteiger partial charge < -0.3 is 10.6 Å². The molecule has 4 heteroatoms. The number of nitrogens with two attached hydrogens (primary N) is 1. The lowest BCUT2D eigenvalue weighted by atomic mass is 9.88. The number of pyridine rings is 1. The van der Waals surface area contributed by atoms with E-state index in [9.17, 15) is 4.79 Å². The third-order valence-electron chi connectivity index (χ3n) is 4.12. The van der Waals surface area contributed by atoms with Gasteiger partial charge in [0.1, 0.15) is 0 Å². The van der Waals surface area contributed by atoms with Gasteiger partial charge in [0.15, 0.2) is 0 Å². The molecule has 0 radical (unpaired) electrons. The Bertz CT molecular complexity index is 421. The summed E-state index contributed by atoms with van der Waals surface area (Å²) in [5, 5.41) is 0. The van der Waals surface area contributed by atoms with Gasteiger partial charge in [0.2, 0.25) is 5.91 Å². The molecule has 104 valence electrons. The predicted octanol–water partition coefficient (Wildman–Crippen LogP) is 1.74. The van der Waals surface area contributed by atoms with Gasteiger partial charge in [-0.25, -0.2) is 0 Å². The number of rotatable bonds is 4. The molecule has 1 atom stereocenters. The Morgan fingerprint density at radius 2 is 2.16 bits per heavy atom. The minimum Gasteiger partial charge on any atom is -0.336 e. The first-order valence-electron chi connectivity index (χ1n) is 7.05. The summed E-state index contributed by atoms with van der Waals surface area (Å²) >= 11 is 0. The second kappa shape index (κ2) is 6.15. The summed E-state index contributed by atoms with van der Waals surface area (Å²) in [5.74, 6) is 0.226. The third kappa shape index (κ3) is 3.32. The molecule has 19 heavy (non-hydrogen) atoms. The third-order valence-corrected chi connectivity index (χ3v) is 4.12. The standard InChI is InChI=1S/C15H23N3O/c1-15(12-16)8-2-3-11-18(15)14(19)5-4-13-6-9-17-10-7-13/h6-7,9-10H,2-5,8,11-12,16H2,1H3. The molecule has 1 saturated heterocycles. The topological polar surface area (TPSA) is 59.2 Å². The van der Waals surface area contributed by atoms with Crippen molar-refractivity contribution in [3.8, 4) is 0 Å². The van der Waals surface area contributed by atoms with Gasteiger partial charge in [0.25, 0.3) is 0 Å². The van der Waals surface area contributed by atoms with E-state index in [0.29, 0.717) is 13.0 Å². The Kier molecular flexibility index (Phi) is 4.53. The maximum absolute atomic E-state index is 12.4. The normalized spacial score (nSPS) is 23.4. The van der Waals surface area contributed by atoms with Crippen molar-refractivity contribution >= 4 is 5.91 Å². The number of hydrogen-bond acceptors (Lipinski definition) is 3. The monoisotopic (exact) mass is 261 g/mol. The number of hydrogen-bond donors (Lipinski definition) is 1. The average molecular weight is 261 g/mol. The number of piperidine rings is 1. The second-order valence-corrected chi connectivity index (χ2v) is 5.56. The fourth-order valence-electron chi connectivity index (χ4n) is 2.75. The van der Waals surface area contributed by atoms with Gasteiger partial charge >= 0.3 is 0 Å². The summed E-state index contributed by atoms with van der Waals surface area (Å²) in [5.41, 5.74) is 6.89. The van der Waals surface area contributed by atoms with Gasteiger partial charge in [-0.1, -0.05) is 0 Å². The maximum Gasteiger partial charge on any atom is 0.223 e. The molecule has 1 amide bonds. The summed E-state index contributed by atoms with van der Waals surface area (Å²) < 4.78 is 0. The van der Waals surface area contributed by atoms with E-state index in [2.05, 4.69) is 11.9 Å². The highest BCUT2D eigenvalue weighted by atomic mass is 16.2. The molecule has 1 fully saturated rings. The summed E-state index contributed by atoms with van der Waals surface area (Å²) in [6, 6.07) is 3.93. The van der Waals surface area contributed by atoms with Crippen LogP contribution in [0.1, 0.15) is 38.2 Å². The molecule has 1 aliphatic heterocycles. The first kappa shape index (κ1) is 14.0. The van der Waals surface area contributed by atoms with Gasteiger partial charge in [-0.05, 0) is 50.3 Å². The fraction of sp³-hybridized carbons (Fsp3) is 0.600. The lowest BCUT2D eigenvalue weighted by Crippen LogP contribution is -2.56. The van der Waals surface area contributed by atoms with Crippen molar-refractivity contribution in [2.45, 2.75) is 44.6 Å². The van der Waals surface area contributed by atoms with Crippen LogP contribution in [0.2, 0.25) is 0 Å². The van der Waals surface area contributed by atoms with Gasteiger partial charge in [0, 0.05) is 31.9 Å². The van der Waals surface area contributed by atoms with Crippen LogP contribution in [0.4, 0.5) is 0 Å². The number of likely N-dealkylation sites (tertiary alicyclic amines) is 1. The van der Waals surface area contributed by atoms with Crippen molar-refractivity contribution in [3.05, 3.63) is 30.1 Å². The first-order chi connectivity index (χ1) is 9.15. The van der Waals surface area contributed by atoms with Gasteiger partial charge in [0.05, 0.1) is 5.54 Å². The molecule has 1 aromatic rings. The van der Waals surface area contributed by atoms with Crippen molar-refractivity contribution in [1.29, 1.82) is 0 Å². The second-order valence-electron chi connectivity index (χ2n) is 5.56. The van der Waals surface area contributed by atoms with Crippen LogP contribution in [0.5, 0.6) is 0 Å². The van der Waals surface area contributed by atoms with Crippen molar-refractivity contribution in [2.24, 2.45) is 5.73 Å². The van der Waals surface area contributed by atoms with Crippen LogP contribution >= 0.6 is 0 Å². The number of aromatic nitrogens is 1. The van der Waals surface area contributed by atoms with E-state index in [0.717, 1.165) is 31.4 Å². The Labute approximate surface area is 115 Å². The van der Waals surface area contributed by atoms with E-state index in [1.165, 1.54) is 6.42 Å². The zero-order valence-electron chi connectivity index (χ0n) is 11.6. The number of carbonyl (C=O) groups is 1. The molecule has 0 spiro atoms. The van der Waals surface area contributed by atoms with E-state index in [4.69, 9.17) is 5.73 Å². The summed E-state index contributed by atoms with van der Waals surface area (Å²) in [6.07, 6.45) is 8.15. The molecule has 4 nitrogen and oxygen atoms in total. The number of carbonyl (C=O) groups excluding carboxylic acids is 1. The van der Waals surface area contributed by atoms with Crippen LogP contribution in [0.3, 0.4) is 0 Å². The minimum absolute atomic E-state index is 0.145. The van der Waals surface area contributed by atoms with Crippen LogP contribution in [-0.4, -0.2) is 34.4 Å². The molecule has 0 saturated carbocycles. The van der Waals surface area contributed by atoms with Crippen LogP contribution in [0.25, 0.3) is 0 Å². The smallest absolute Gasteiger partial charge is 0.223 e. The Morgan fingerprint density at radius 1 is 1.42 bits per heavy atom. The quantitative estimate of drug-likeness (QED) is 0.898. The highest BCUT2D eigenvalue weighted by Crippen LogP contribution is 2.27. The minimum atomic E-state index is -0.145. The lowest BCUT2D eigenvalue weighted by molar-refractivity contribution is -0.138.